The van der Waals surface area contributed by atoms with Crippen molar-refractivity contribution < 1.29 is 14.6 Å². The molecule has 1 atom stereocenters. The largest absolute Gasteiger partial charge is 0.494 e. The summed E-state index contributed by atoms with van der Waals surface area (Å²) in [6.45, 7) is 4.21. The molecule has 0 saturated carbocycles. The second-order valence-electron chi connectivity index (χ2n) is 4.66. The van der Waals surface area contributed by atoms with Crippen molar-refractivity contribution in [2.24, 2.45) is 0 Å². The van der Waals surface area contributed by atoms with E-state index in [2.05, 4.69) is 5.32 Å². The summed E-state index contributed by atoms with van der Waals surface area (Å²) in [5.74, 6) is -0.00274. The number of benzene rings is 1. The molecule has 0 heterocycles. The molecule has 4 heteroatoms. The first-order valence-electron chi connectivity index (χ1n) is 6.10. The van der Waals surface area contributed by atoms with E-state index in [1.807, 2.05) is 31.2 Å². The third-order valence-electron chi connectivity index (χ3n) is 3.10. The molecule has 0 aliphatic rings. The first-order valence-corrected chi connectivity index (χ1v) is 6.10. The van der Waals surface area contributed by atoms with E-state index in [1.54, 1.807) is 14.0 Å². The lowest BCUT2D eigenvalue weighted by Gasteiger charge is -2.23. The first kappa shape index (κ1) is 14.5. The number of carbonyl (C=O) groups is 1. The van der Waals surface area contributed by atoms with E-state index in [0.29, 0.717) is 19.4 Å². The zero-order valence-electron chi connectivity index (χ0n) is 11.2. The second-order valence-corrected chi connectivity index (χ2v) is 4.66. The predicted molar refractivity (Wildman–Crippen MR) is 71.0 cm³/mol. The molecule has 1 rings (SSSR count). The molecule has 18 heavy (non-hydrogen) atoms. The third-order valence-corrected chi connectivity index (χ3v) is 3.10. The minimum absolute atomic E-state index is 0.522. The average molecular weight is 251 g/mol. The Labute approximate surface area is 108 Å². The van der Waals surface area contributed by atoms with Crippen LogP contribution >= 0.6 is 0 Å². The quantitative estimate of drug-likeness (QED) is 0.729. The van der Waals surface area contributed by atoms with Crippen molar-refractivity contribution in [3.8, 4) is 5.75 Å². The second kappa shape index (κ2) is 6.40. The number of likely N-dealkylation sites (N-methyl/N-ethyl adjacent to an activating group) is 1. The molecular weight excluding hydrogens is 230 g/mol. The highest BCUT2D eigenvalue weighted by Crippen LogP contribution is 2.15. The van der Waals surface area contributed by atoms with Crippen molar-refractivity contribution in [3.05, 3.63) is 29.8 Å². The molecule has 1 unspecified atom stereocenters. The van der Waals surface area contributed by atoms with Crippen LogP contribution in [0.3, 0.4) is 0 Å². The highest BCUT2D eigenvalue weighted by molar-refractivity contribution is 5.78. The van der Waals surface area contributed by atoms with Gasteiger partial charge in [-0.15, -0.1) is 0 Å². The molecule has 0 aliphatic heterocycles. The fourth-order valence-corrected chi connectivity index (χ4v) is 1.66. The molecule has 4 nitrogen and oxygen atoms in total. The third kappa shape index (κ3) is 4.04. The lowest BCUT2D eigenvalue weighted by atomic mass is 9.96. The van der Waals surface area contributed by atoms with Gasteiger partial charge in [-0.1, -0.05) is 12.1 Å². The van der Waals surface area contributed by atoms with Crippen LogP contribution in [-0.4, -0.2) is 30.3 Å². The lowest BCUT2D eigenvalue weighted by molar-refractivity contribution is -0.144. The maximum absolute atomic E-state index is 11.1. The number of aryl methyl sites for hydroxylation is 1. The number of hydrogen-bond donors (Lipinski definition) is 2. The van der Waals surface area contributed by atoms with E-state index in [4.69, 9.17) is 9.84 Å². The molecule has 0 spiro atoms. The molecule has 0 fully saturated rings. The summed E-state index contributed by atoms with van der Waals surface area (Å²) in [5.41, 5.74) is 0.272. The van der Waals surface area contributed by atoms with Crippen molar-refractivity contribution in [2.75, 3.05) is 13.7 Å². The van der Waals surface area contributed by atoms with Crippen LogP contribution < -0.4 is 10.1 Å². The minimum atomic E-state index is -0.879. The summed E-state index contributed by atoms with van der Waals surface area (Å²) in [6.07, 6.45) is 1.22. The summed E-state index contributed by atoms with van der Waals surface area (Å²) < 4.78 is 5.59. The first-order chi connectivity index (χ1) is 8.48. The summed E-state index contributed by atoms with van der Waals surface area (Å²) in [4.78, 5) is 11.1. The van der Waals surface area contributed by atoms with Crippen LogP contribution in [0.5, 0.6) is 5.75 Å². The van der Waals surface area contributed by atoms with Crippen LogP contribution in [0.2, 0.25) is 0 Å². The van der Waals surface area contributed by atoms with Crippen LogP contribution in [0, 0.1) is 6.92 Å². The van der Waals surface area contributed by atoms with Crippen molar-refractivity contribution in [1.82, 2.24) is 5.32 Å². The highest BCUT2D eigenvalue weighted by Gasteiger charge is 2.30. The average Bonchev–Trinajstić information content (AvgIpc) is 2.34. The molecule has 0 radical (unpaired) electrons. The smallest absolute Gasteiger partial charge is 0.323 e. The minimum Gasteiger partial charge on any atom is -0.494 e. The summed E-state index contributed by atoms with van der Waals surface area (Å²) in [5, 5.41) is 11.9. The Kier molecular flexibility index (Phi) is 5.16. The number of rotatable bonds is 7. The fourth-order valence-electron chi connectivity index (χ4n) is 1.66. The Morgan fingerprint density at radius 3 is 2.78 bits per heavy atom. The number of aliphatic carboxylic acids is 1. The Bertz CT molecular complexity index is 406. The molecule has 2 N–H and O–H groups in total. The number of hydrogen-bond acceptors (Lipinski definition) is 3. The van der Waals surface area contributed by atoms with Gasteiger partial charge in [-0.3, -0.25) is 4.79 Å². The zero-order valence-corrected chi connectivity index (χ0v) is 11.2. The number of carboxylic acids is 1. The van der Waals surface area contributed by atoms with Gasteiger partial charge in [0, 0.05) is 0 Å². The van der Waals surface area contributed by atoms with Gasteiger partial charge in [-0.2, -0.15) is 0 Å². The van der Waals surface area contributed by atoms with Crippen molar-refractivity contribution in [3.63, 3.8) is 0 Å². The van der Waals surface area contributed by atoms with Gasteiger partial charge in [0.2, 0.25) is 0 Å². The Morgan fingerprint density at radius 1 is 1.50 bits per heavy atom. The van der Waals surface area contributed by atoms with E-state index < -0.39 is 11.5 Å². The SMILES string of the molecule is CNC(C)(CCCOc1cccc(C)c1)C(=O)O. The maximum atomic E-state index is 11.1. The van der Waals surface area contributed by atoms with Crippen LogP contribution in [-0.2, 0) is 4.79 Å². The number of ether oxygens (including phenoxy) is 1. The Hall–Kier alpha value is -1.55. The van der Waals surface area contributed by atoms with Crippen LogP contribution in [0.15, 0.2) is 24.3 Å². The molecule has 100 valence electrons. The molecular formula is C14H21NO3. The van der Waals surface area contributed by atoms with Gasteiger partial charge >= 0.3 is 5.97 Å². The molecule has 0 saturated heterocycles. The van der Waals surface area contributed by atoms with Gasteiger partial charge in [0.1, 0.15) is 11.3 Å². The molecule has 0 aliphatic carbocycles. The summed E-state index contributed by atoms with van der Waals surface area (Å²) in [7, 11) is 1.66. The van der Waals surface area contributed by atoms with Crippen LogP contribution in [0.1, 0.15) is 25.3 Å². The van der Waals surface area contributed by atoms with Gasteiger partial charge in [0.25, 0.3) is 0 Å². The van der Waals surface area contributed by atoms with Crippen molar-refractivity contribution in [1.29, 1.82) is 0 Å². The summed E-state index contributed by atoms with van der Waals surface area (Å²) in [6, 6.07) is 7.82. The monoisotopic (exact) mass is 251 g/mol. The van der Waals surface area contributed by atoms with E-state index in [9.17, 15) is 4.79 Å². The van der Waals surface area contributed by atoms with Crippen molar-refractivity contribution >= 4 is 5.97 Å². The van der Waals surface area contributed by atoms with E-state index in [1.165, 1.54) is 0 Å². The molecule has 1 aromatic carbocycles. The molecule has 1 aromatic rings. The van der Waals surface area contributed by atoms with E-state index in [0.717, 1.165) is 11.3 Å². The van der Waals surface area contributed by atoms with Gasteiger partial charge in [-0.05, 0) is 51.4 Å². The molecule has 0 bridgehead atoms. The molecule has 0 amide bonds. The van der Waals surface area contributed by atoms with E-state index >= 15 is 0 Å². The topological polar surface area (TPSA) is 58.6 Å². The van der Waals surface area contributed by atoms with Crippen molar-refractivity contribution in [2.45, 2.75) is 32.2 Å². The van der Waals surface area contributed by atoms with Gasteiger partial charge in [0.15, 0.2) is 0 Å². The maximum Gasteiger partial charge on any atom is 0.323 e. The Morgan fingerprint density at radius 2 is 2.22 bits per heavy atom. The Balaban J connectivity index is 2.37. The predicted octanol–water partition coefficient (Wildman–Crippen LogP) is 2.22. The summed E-state index contributed by atoms with van der Waals surface area (Å²) >= 11 is 0. The van der Waals surface area contributed by atoms with Crippen LogP contribution in [0.4, 0.5) is 0 Å². The van der Waals surface area contributed by atoms with Gasteiger partial charge in [0.05, 0.1) is 6.61 Å². The highest BCUT2D eigenvalue weighted by atomic mass is 16.5. The standard InChI is InChI=1S/C14H21NO3/c1-11-6-4-7-12(10-11)18-9-5-8-14(2,15-3)13(16)17/h4,6-7,10,15H,5,8-9H2,1-3H3,(H,16,17). The van der Waals surface area contributed by atoms with Gasteiger partial charge < -0.3 is 15.2 Å². The number of nitrogens with one attached hydrogen (secondary N) is 1. The molecule has 0 aromatic heterocycles. The van der Waals surface area contributed by atoms with E-state index in [-0.39, 0.29) is 0 Å². The lowest BCUT2D eigenvalue weighted by Crippen LogP contribution is -2.47. The zero-order chi connectivity index (χ0) is 13.6. The van der Waals surface area contributed by atoms with Gasteiger partial charge in [-0.25, -0.2) is 0 Å². The fraction of sp³-hybridized carbons (Fsp3) is 0.500. The number of carboxylic acid groups (broad SMARTS) is 1. The van der Waals surface area contributed by atoms with Crippen LogP contribution in [0.25, 0.3) is 0 Å². The normalized spacial score (nSPS) is 13.9.